The van der Waals surface area contributed by atoms with Crippen LogP contribution < -0.4 is 5.32 Å². The van der Waals surface area contributed by atoms with Crippen LogP contribution in [0.3, 0.4) is 0 Å². The van der Waals surface area contributed by atoms with Gasteiger partial charge in [0, 0.05) is 38.6 Å². The molecule has 0 aromatic carbocycles. The van der Waals surface area contributed by atoms with Crippen LogP contribution in [-0.2, 0) is 26.2 Å². The molecule has 0 bridgehead atoms. The molecule has 0 amide bonds. The van der Waals surface area contributed by atoms with E-state index in [9.17, 15) is 0 Å². The molecular formula is C7H13N2Zr. The second-order valence-electron chi connectivity index (χ2n) is 2.17. The van der Waals surface area contributed by atoms with Gasteiger partial charge in [0.25, 0.3) is 0 Å². The van der Waals surface area contributed by atoms with Crippen LogP contribution in [0.5, 0.6) is 0 Å². The van der Waals surface area contributed by atoms with Crippen molar-refractivity contribution in [3.05, 3.63) is 24.6 Å². The van der Waals surface area contributed by atoms with Gasteiger partial charge in [0.1, 0.15) is 0 Å². The van der Waals surface area contributed by atoms with Crippen molar-refractivity contribution in [3.8, 4) is 0 Å². The standard InChI is InChI=1S/C4H4N.C3H9N.Zr/c1-2-4-5-3-1;1-4(2)3;/h1-4H;1-3H3;. The summed E-state index contributed by atoms with van der Waals surface area (Å²) in [5.41, 5.74) is 0. The summed E-state index contributed by atoms with van der Waals surface area (Å²) in [6.45, 7) is 0. The maximum Gasteiger partial charge on any atom is 0.0268 e. The summed E-state index contributed by atoms with van der Waals surface area (Å²) in [6, 6.07) is 0. The van der Waals surface area contributed by atoms with Crippen LogP contribution in [0.15, 0.2) is 24.6 Å². The van der Waals surface area contributed by atoms with Crippen LogP contribution in [0, 0.1) is 0 Å². The second kappa shape index (κ2) is 9.12. The fraction of sp³-hybridized carbons (Fsp3) is 0.429. The molecule has 0 spiro atoms. The zero-order valence-electron chi connectivity index (χ0n) is 6.70. The SMILES string of the molecule is C1=C[N]C=C1.CN(C)C.[Zr]. The van der Waals surface area contributed by atoms with E-state index in [1.165, 1.54) is 0 Å². The molecule has 55 valence electrons. The topological polar surface area (TPSA) is 17.3 Å². The Morgan fingerprint density at radius 2 is 1.30 bits per heavy atom. The van der Waals surface area contributed by atoms with E-state index in [-0.39, 0.29) is 26.2 Å². The van der Waals surface area contributed by atoms with E-state index in [1.807, 2.05) is 38.2 Å². The molecule has 1 rings (SSSR count). The van der Waals surface area contributed by atoms with Gasteiger partial charge in [-0.15, -0.1) is 0 Å². The van der Waals surface area contributed by atoms with Crippen LogP contribution >= 0.6 is 0 Å². The summed E-state index contributed by atoms with van der Waals surface area (Å²) in [7, 11) is 6.00. The Morgan fingerprint density at radius 1 is 1.00 bits per heavy atom. The third kappa shape index (κ3) is 15.7. The molecule has 0 saturated heterocycles. The van der Waals surface area contributed by atoms with Crippen molar-refractivity contribution >= 4 is 0 Å². The van der Waals surface area contributed by atoms with Gasteiger partial charge in [-0.2, -0.15) is 0 Å². The van der Waals surface area contributed by atoms with Crippen LogP contribution in [0.25, 0.3) is 0 Å². The van der Waals surface area contributed by atoms with Crippen molar-refractivity contribution in [2.24, 2.45) is 0 Å². The largest absolute Gasteiger partial charge is 0.312 e. The minimum Gasteiger partial charge on any atom is -0.312 e. The third-order valence-corrected chi connectivity index (χ3v) is 0.455. The van der Waals surface area contributed by atoms with Gasteiger partial charge in [0.05, 0.1) is 0 Å². The average Bonchev–Trinajstić information content (AvgIpc) is 2.11. The number of hydrogen-bond acceptors (Lipinski definition) is 1. The number of allylic oxidation sites excluding steroid dienone is 2. The van der Waals surface area contributed by atoms with Crippen LogP contribution in [-0.4, -0.2) is 26.0 Å². The Hall–Kier alpha value is 0.123. The van der Waals surface area contributed by atoms with Gasteiger partial charge < -0.3 is 4.90 Å². The monoisotopic (exact) mass is 215 g/mol. The zero-order valence-corrected chi connectivity index (χ0v) is 9.16. The second-order valence-corrected chi connectivity index (χ2v) is 2.17. The van der Waals surface area contributed by atoms with Crippen molar-refractivity contribution in [2.45, 2.75) is 0 Å². The molecule has 1 aliphatic rings. The normalized spacial score (nSPS) is 11.6. The minimum absolute atomic E-state index is 0. The van der Waals surface area contributed by atoms with Gasteiger partial charge in [0.15, 0.2) is 0 Å². The van der Waals surface area contributed by atoms with E-state index in [1.54, 1.807) is 12.4 Å². The maximum atomic E-state index is 3.72. The zero-order chi connectivity index (χ0) is 7.11. The Kier molecular flexibility index (Phi) is 11.6. The number of hydrogen-bond donors (Lipinski definition) is 0. The molecule has 0 N–H and O–H groups in total. The Bertz CT molecular complexity index is 95.4. The molecule has 10 heavy (non-hydrogen) atoms. The van der Waals surface area contributed by atoms with Crippen LogP contribution in [0.2, 0.25) is 0 Å². The van der Waals surface area contributed by atoms with Gasteiger partial charge in [-0.1, -0.05) is 0 Å². The van der Waals surface area contributed by atoms with Crippen molar-refractivity contribution in [3.63, 3.8) is 0 Å². The van der Waals surface area contributed by atoms with Crippen molar-refractivity contribution in [1.82, 2.24) is 10.2 Å². The molecule has 3 heteroatoms. The summed E-state index contributed by atoms with van der Waals surface area (Å²) >= 11 is 0. The third-order valence-electron chi connectivity index (χ3n) is 0.455. The average molecular weight is 216 g/mol. The summed E-state index contributed by atoms with van der Waals surface area (Å²) in [4.78, 5) is 2.00. The first kappa shape index (κ1) is 12.8. The van der Waals surface area contributed by atoms with Gasteiger partial charge in [-0.05, 0) is 33.3 Å². The molecule has 0 unspecified atom stereocenters. The van der Waals surface area contributed by atoms with Gasteiger partial charge in [-0.25, -0.2) is 0 Å². The molecule has 1 radical (unpaired) electrons. The summed E-state index contributed by atoms with van der Waals surface area (Å²) < 4.78 is 0. The van der Waals surface area contributed by atoms with E-state index in [0.29, 0.717) is 0 Å². The molecule has 2 nitrogen and oxygen atoms in total. The molecular weight excluding hydrogens is 203 g/mol. The first-order valence-electron chi connectivity index (χ1n) is 2.86. The Labute approximate surface area is 82.1 Å². The molecule has 0 fully saturated rings. The van der Waals surface area contributed by atoms with Crippen LogP contribution in [0.4, 0.5) is 0 Å². The molecule has 0 aliphatic carbocycles. The van der Waals surface area contributed by atoms with E-state index < -0.39 is 0 Å². The number of nitrogens with zero attached hydrogens (tertiary/aromatic N) is 2. The molecule has 0 aromatic heterocycles. The van der Waals surface area contributed by atoms with E-state index in [4.69, 9.17) is 0 Å². The summed E-state index contributed by atoms with van der Waals surface area (Å²) in [5, 5.41) is 3.72. The fourth-order valence-electron chi connectivity index (χ4n) is 0.248. The fourth-order valence-corrected chi connectivity index (χ4v) is 0.248. The Balaban J connectivity index is 0. The predicted molar refractivity (Wildman–Crippen MR) is 40.0 cm³/mol. The molecule has 0 saturated carbocycles. The molecule has 1 aliphatic heterocycles. The molecule has 0 atom stereocenters. The van der Waals surface area contributed by atoms with Gasteiger partial charge >= 0.3 is 0 Å². The maximum absolute atomic E-state index is 3.72. The number of rotatable bonds is 0. The summed E-state index contributed by atoms with van der Waals surface area (Å²) in [6.07, 6.45) is 7.28. The molecule has 1 heterocycles. The van der Waals surface area contributed by atoms with Crippen molar-refractivity contribution in [1.29, 1.82) is 0 Å². The summed E-state index contributed by atoms with van der Waals surface area (Å²) in [5.74, 6) is 0. The molecule has 0 aromatic rings. The van der Waals surface area contributed by atoms with Crippen molar-refractivity contribution < 1.29 is 26.2 Å². The van der Waals surface area contributed by atoms with E-state index in [0.717, 1.165) is 0 Å². The first-order chi connectivity index (χ1) is 4.23. The van der Waals surface area contributed by atoms with Gasteiger partial charge in [-0.3, -0.25) is 5.32 Å². The van der Waals surface area contributed by atoms with E-state index >= 15 is 0 Å². The van der Waals surface area contributed by atoms with Crippen molar-refractivity contribution in [2.75, 3.05) is 21.1 Å². The smallest absolute Gasteiger partial charge is 0.0268 e. The first-order valence-corrected chi connectivity index (χ1v) is 2.86. The van der Waals surface area contributed by atoms with Gasteiger partial charge in [0.2, 0.25) is 0 Å². The van der Waals surface area contributed by atoms with E-state index in [2.05, 4.69) is 5.32 Å². The minimum atomic E-state index is 0. The quantitative estimate of drug-likeness (QED) is 0.586. The van der Waals surface area contributed by atoms with Crippen LogP contribution in [0.1, 0.15) is 0 Å². The Morgan fingerprint density at radius 3 is 1.40 bits per heavy atom. The predicted octanol–water partition coefficient (Wildman–Crippen LogP) is 0.807.